The molecule has 1 atom stereocenters. The van der Waals surface area contributed by atoms with Gasteiger partial charge in [0.2, 0.25) is 0 Å². The van der Waals surface area contributed by atoms with E-state index in [4.69, 9.17) is 16.4 Å². The molecule has 0 spiro atoms. The highest BCUT2D eigenvalue weighted by Crippen LogP contribution is 2.32. The summed E-state index contributed by atoms with van der Waals surface area (Å²) in [7, 11) is 0. The van der Waals surface area contributed by atoms with Crippen LogP contribution in [0.2, 0.25) is 5.02 Å². The highest BCUT2D eigenvalue weighted by atomic mass is 35.5. The maximum Gasteiger partial charge on any atom is 0.106 e. The van der Waals surface area contributed by atoms with Crippen LogP contribution < -0.4 is 0 Å². The lowest BCUT2D eigenvalue weighted by Crippen LogP contribution is -2.32. The lowest BCUT2D eigenvalue weighted by molar-refractivity contribution is -0.0979. The van der Waals surface area contributed by atoms with Gasteiger partial charge in [-0.05, 0) is 42.0 Å². The molecule has 0 radical (unpaired) electrons. The minimum Gasteiger partial charge on any atom is -0.307 e. The summed E-state index contributed by atoms with van der Waals surface area (Å²) >= 11 is 8.18. The molecule has 1 aromatic heterocycles. The van der Waals surface area contributed by atoms with Crippen molar-refractivity contribution in [1.29, 1.82) is 0 Å². The van der Waals surface area contributed by atoms with Crippen molar-refractivity contribution in [1.82, 2.24) is 4.90 Å². The molecule has 106 valence electrons. The van der Waals surface area contributed by atoms with Gasteiger partial charge in [0.15, 0.2) is 0 Å². The van der Waals surface area contributed by atoms with Gasteiger partial charge >= 0.3 is 0 Å². The number of rotatable bonds is 2. The standard InChI is InChI=1S/C15H16ClNS.CH2O/c1-11(13-4-2-3-5-14(13)16)17-8-6-15-12(10-17)7-9-18-15;1-2/h2-5,7,9,11H,6,8,10H2,1H3;1H2. The Morgan fingerprint density at radius 1 is 1.30 bits per heavy atom. The van der Waals surface area contributed by atoms with E-state index in [0.717, 1.165) is 18.1 Å². The second-order valence-electron chi connectivity index (χ2n) is 4.79. The van der Waals surface area contributed by atoms with Gasteiger partial charge in [0.05, 0.1) is 0 Å². The molecule has 1 aliphatic rings. The van der Waals surface area contributed by atoms with Crippen LogP contribution in [0.25, 0.3) is 0 Å². The molecule has 1 aromatic carbocycles. The largest absolute Gasteiger partial charge is 0.307 e. The van der Waals surface area contributed by atoms with E-state index >= 15 is 0 Å². The number of carbonyl (C=O) groups excluding carboxylic acids is 1. The highest BCUT2D eigenvalue weighted by molar-refractivity contribution is 7.10. The maximum atomic E-state index is 8.00. The fraction of sp³-hybridized carbons (Fsp3) is 0.312. The molecule has 0 bridgehead atoms. The number of halogens is 1. The van der Waals surface area contributed by atoms with Gasteiger partial charge < -0.3 is 4.79 Å². The summed E-state index contributed by atoms with van der Waals surface area (Å²) < 4.78 is 0. The van der Waals surface area contributed by atoms with Crippen LogP contribution in [0.3, 0.4) is 0 Å². The molecule has 3 rings (SSSR count). The van der Waals surface area contributed by atoms with Crippen LogP contribution in [0.1, 0.15) is 29.0 Å². The predicted molar refractivity (Wildman–Crippen MR) is 85.4 cm³/mol. The first-order valence-corrected chi connectivity index (χ1v) is 7.84. The van der Waals surface area contributed by atoms with Crippen molar-refractivity contribution < 1.29 is 4.79 Å². The minimum absolute atomic E-state index is 0.381. The Hall–Kier alpha value is -1.16. The van der Waals surface area contributed by atoms with Crippen molar-refractivity contribution in [2.24, 2.45) is 0 Å². The molecule has 4 heteroatoms. The summed E-state index contributed by atoms with van der Waals surface area (Å²) in [4.78, 5) is 12.1. The monoisotopic (exact) mass is 307 g/mol. The van der Waals surface area contributed by atoms with Crippen molar-refractivity contribution in [3.63, 3.8) is 0 Å². The summed E-state index contributed by atoms with van der Waals surface area (Å²) in [6, 6.07) is 10.8. The van der Waals surface area contributed by atoms with Gasteiger partial charge in [-0.15, -0.1) is 11.3 Å². The molecule has 2 heterocycles. The molecular formula is C16H18ClNOS. The molecule has 0 fully saturated rings. The van der Waals surface area contributed by atoms with Gasteiger partial charge in [-0.2, -0.15) is 0 Å². The van der Waals surface area contributed by atoms with Crippen molar-refractivity contribution in [2.75, 3.05) is 6.54 Å². The quantitative estimate of drug-likeness (QED) is 0.823. The van der Waals surface area contributed by atoms with Crippen LogP contribution in [-0.2, 0) is 17.8 Å². The third kappa shape index (κ3) is 3.11. The Morgan fingerprint density at radius 3 is 2.80 bits per heavy atom. The molecule has 0 N–H and O–H groups in total. The Morgan fingerprint density at radius 2 is 2.05 bits per heavy atom. The van der Waals surface area contributed by atoms with Gasteiger partial charge in [-0.1, -0.05) is 29.8 Å². The average molecular weight is 308 g/mol. The zero-order chi connectivity index (χ0) is 14.5. The Labute approximate surface area is 129 Å². The highest BCUT2D eigenvalue weighted by Gasteiger charge is 2.23. The van der Waals surface area contributed by atoms with Gasteiger partial charge in [0, 0.05) is 29.0 Å². The molecule has 2 nitrogen and oxygen atoms in total. The van der Waals surface area contributed by atoms with Crippen LogP contribution in [0, 0.1) is 0 Å². The van der Waals surface area contributed by atoms with Crippen LogP contribution in [0.15, 0.2) is 35.7 Å². The van der Waals surface area contributed by atoms with Crippen molar-refractivity contribution in [2.45, 2.75) is 25.9 Å². The van der Waals surface area contributed by atoms with Crippen LogP contribution in [0.4, 0.5) is 0 Å². The van der Waals surface area contributed by atoms with Crippen molar-refractivity contribution in [3.8, 4) is 0 Å². The Balaban J connectivity index is 0.000000704. The lowest BCUT2D eigenvalue weighted by atomic mass is 10.0. The van der Waals surface area contributed by atoms with Crippen LogP contribution in [0.5, 0.6) is 0 Å². The summed E-state index contributed by atoms with van der Waals surface area (Å²) in [5.74, 6) is 0. The Bertz CT molecular complexity index is 569. The second kappa shape index (κ2) is 7.02. The first kappa shape index (κ1) is 15.2. The van der Waals surface area contributed by atoms with E-state index in [-0.39, 0.29) is 0 Å². The molecule has 0 amide bonds. The smallest absolute Gasteiger partial charge is 0.106 e. The van der Waals surface area contributed by atoms with E-state index in [2.05, 4.69) is 35.4 Å². The predicted octanol–water partition coefficient (Wildman–Crippen LogP) is 4.34. The number of hydrogen-bond donors (Lipinski definition) is 0. The maximum absolute atomic E-state index is 8.00. The molecule has 2 aromatic rings. The normalized spacial score (nSPS) is 15.9. The van der Waals surface area contributed by atoms with Gasteiger partial charge in [-0.25, -0.2) is 0 Å². The number of carbonyl (C=O) groups is 1. The number of benzene rings is 1. The lowest BCUT2D eigenvalue weighted by Gasteiger charge is -2.33. The van der Waals surface area contributed by atoms with E-state index in [1.807, 2.05) is 30.3 Å². The summed E-state index contributed by atoms with van der Waals surface area (Å²) in [6.07, 6.45) is 1.17. The number of hydrogen-bond acceptors (Lipinski definition) is 3. The molecule has 1 aliphatic heterocycles. The van der Waals surface area contributed by atoms with E-state index < -0.39 is 0 Å². The van der Waals surface area contributed by atoms with E-state index in [0.29, 0.717) is 6.04 Å². The zero-order valence-electron chi connectivity index (χ0n) is 11.5. The molecule has 0 aliphatic carbocycles. The molecule has 0 saturated heterocycles. The average Bonchev–Trinajstić information content (AvgIpc) is 2.96. The summed E-state index contributed by atoms with van der Waals surface area (Å²) in [6.45, 7) is 6.42. The van der Waals surface area contributed by atoms with Gasteiger partial charge in [-0.3, -0.25) is 4.90 Å². The van der Waals surface area contributed by atoms with Crippen LogP contribution >= 0.6 is 22.9 Å². The molecule has 0 saturated carbocycles. The van der Waals surface area contributed by atoms with E-state index in [1.54, 1.807) is 4.88 Å². The van der Waals surface area contributed by atoms with Crippen molar-refractivity contribution >= 4 is 29.7 Å². The molecule has 1 unspecified atom stereocenters. The summed E-state index contributed by atoms with van der Waals surface area (Å²) in [5.41, 5.74) is 2.72. The summed E-state index contributed by atoms with van der Waals surface area (Å²) in [5, 5.41) is 3.08. The topological polar surface area (TPSA) is 20.3 Å². The fourth-order valence-electron chi connectivity index (χ4n) is 2.61. The zero-order valence-corrected chi connectivity index (χ0v) is 13.1. The number of thiophene rings is 1. The molecular weight excluding hydrogens is 290 g/mol. The fourth-order valence-corrected chi connectivity index (χ4v) is 3.79. The third-order valence-corrected chi connectivity index (χ3v) is 5.11. The SMILES string of the molecule is C=O.CC(c1ccccc1Cl)N1CCc2sccc2C1. The van der Waals surface area contributed by atoms with Gasteiger partial charge in [0.1, 0.15) is 6.79 Å². The number of fused-ring (bicyclic) bond motifs is 1. The second-order valence-corrected chi connectivity index (χ2v) is 6.19. The molecule has 20 heavy (non-hydrogen) atoms. The number of nitrogens with zero attached hydrogens (tertiary/aromatic N) is 1. The first-order valence-electron chi connectivity index (χ1n) is 6.58. The van der Waals surface area contributed by atoms with E-state index in [9.17, 15) is 0 Å². The van der Waals surface area contributed by atoms with Gasteiger partial charge in [0.25, 0.3) is 0 Å². The third-order valence-electron chi connectivity index (χ3n) is 3.74. The minimum atomic E-state index is 0.381. The van der Waals surface area contributed by atoms with E-state index in [1.165, 1.54) is 17.5 Å². The Kier molecular flexibility index (Phi) is 5.35. The van der Waals surface area contributed by atoms with Crippen LogP contribution in [-0.4, -0.2) is 18.2 Å². The van der Waals surface area contributed by atoms with Crippen molar-refractivity contribution in [3.05, 3.63) is 56.7 Å². The first-order chi connectivity index (χ1) is 9.75.